The number of aliphatic imine (C=N–C) groups is 1. The Kier molecular flexibility index (Phi) is 6.72. The zero-order valence-electron chi connectivity index (χ0n) is 17.2. The SMILES string of the molecule is O=C(CSC1=N/C(=C/c2ccccc2)C(=O)N1CC(=O)c1ccccc1)c1ccccc1. The van der Waals surface area contributed by atoms with Crippen LogP contribution >= 0.6 is 11.8 Å². The number of ketones is 2. The number of Topliss-reactive ketones (excluding diaryl/α,β-unsaturated/α-hetero) is 2. The summed E-state index contributed by atoms with van der Waals surface area (Å²) < 4.78 is 0. The molecule has 0 radical (unpaired) electrons. The van der Waals surface area contributed by atoms with E-state index in [4.69, 9.17) is 0 Å². The van der Waals surface area contributed by atoms with Gasteiger partial charge in [-0.1, -0.05) is 103 Å². The van der Waals surface area contributed by atoms with E-state index in [1.165, 1.54) is 4.90 Å². The summed E-state index contributed by atoms with van der Waals surface area (Å²) in [6.45, 7) is -0.139. The van der Waals surface area contributed by atoms with Crippen LogP contribution in [0.1, 0.15) is 26.3 Å². The normalized spacial score (nSPS) is 14.5. The van der Waals surface area contributed by atoms with Crippen LogP contribution < -0.4 is 0 Å². The van der Waals surface area contributed by atoms with Crippen LogP contribution in [0.25, 0.3) is 6.08 Å². The number of amidine groups is 1. The number of rotatable bonds is 7. The van der Waals surface area contributed by atoms with E-state index in [0.29, 0.717) is 16.3 Å². The predicted molar refractivity (Wildman–Crippen MR) is 128 cm³/mol. The van der Waals surface area contributed by atoms with Crippen molar-refractivity contribution in [2.45, 2.75) is 0 Å². The molecule has 0 unspecified atom stereocenters. The quantitative estimate of drug-likeness (QED) is 0.394. The molecule has 1 aliphatic rings. The Balaban J connectivity index is 1.56. The first-order valence-electron chi connectivity index (χ1n) is 10.1. The second-order valence-corrected chi connectivity index (χ2v) is 8.04. The van der Waals surface area contributed by atoms with E-state index < -0.39 is 0 Å². The largest absolute Gasteiger partial charge is 0.293 e. The van der Waals surface area contributed by atoms with Crippen molar-refractivity contribution in [3.8, 4) is 0 Å². The molecule has 32 heavy (non-hydrogen) atoms. The maximum Gasteiger partial charge on any atom is 0.278 e. The molecule has 1 heterocycles. The molecule has 0 saturated carbocycles. The summed E-state index contributed by atoms with van der Waals surface area (Å²) >= 11 is 1.16. The second kappa shape index (κ2) is 10.0. The van der Waals surface area contributed by atoms with Gasteiger partial charge in [-0.15, -0.1) is 0 Å². The van der Waals surface area contributed by atoms with Gasteiger partial charge in [0.25, 0.3) is 5.91 Å². The van der Waals surface area contributed by atoms with Crippen molar-refractivity contribution in [2.75, 3.05) is 12.3 Å². The lowest BCUT2D eigenvalue weighted by molar-refractivity contribution is -0.122. The summed E-state index contributed by atoms with van der Waals surface area (Å²) in [5, 5.41) is 0.353. The molecule has 0 atom stereocenters. The molecule has 0 bridgehead atoms. The van der Waals surface area contributed by atoms with Gasteiger partial charge in [0.05, 0.1) is 12.3 Å². The van der Waals surface area contributed by atoms with E-state index in [9.17, 15) is 14.4 Å². The van der Waals surface area contributed by atoms with E-state index in [0.717, 1.165) is 17.3 Å². The van der Waals surface area contributed by atoms with Crippen molar-refractivity contribution in [1.29, 1.82) is 0 Å². The number of thioether (sulfide) groups is 1. The fourth-order valence-corrected chi connectivity index (χ4v) is 4.08. The average molecular weight is 441 g/mol. The number of hydrogen-bond donors (Lipinski definition) is 0. The first-order valence-corrected chi connectivity index (χ1v) is 11.1. The molecular weight excluding hydrogens is 420 g/mol. The van der Waals surface area contributed by atoms with Crippen molar-refractivity contribution < 1.29 is 14.4 Å². The summed E-state index contributed by atoms with van der Waals surface area (Å²) in [6, 6.07) is 27.2. The summed E-state index contributed by atoms with van der Waals surface area (Å²) in [6.07, 6.45) is 1.69. The minimum absolute atomic E-state index is 0.0689. The summed E-state index contributed by atoms with van der Waals surface area (Å²) in [4.78, 5) is 44.2. The highest BCUT2D eigenvalue weighted by Gasteiger charge is 2.32. The second-order valence-electron chi connectivity index (χ2n) is 7.09. The van der Waals surface area contributed by atoms with Crippen molar-refractivity contribution in [1.82, 2.24) is 4.90 Å². The number of amides is 1. The third kappa shape index (κ3) is 5.10. The molecule has 0 aromatic heterocycles. The first-order chi connectivity index (χ1) is 15.6. The molecule has 1 amide bonds. The molecule has 3 aromatic carbocycles. The molecule has 0 aliphatic carbocycles. The number of carbonyl (C=O) groups excluding carboxylic acids is 3. The van der Waals surface area contributed by atoms with E-state index in [2.05, 4.69) is 4.99 Å². The third-order valence-electron chi connectivity index (χ3n) is 4.84. The van der Waals surface area contributed by atoms with Crippen molar-refractivity contribution in [2.24, 2.45) is 4.99 Å². The van der Waals surface area contributed by atoms with Gasteiger partial charge >= 0.3 is 0 Å². The Bertz CT molecular complexity index is 1190. The van der Waals surface area contributed by atoms with Gasteiger partial charge in [0, 0.05) is 11.1 Å². The van der Waals surface area contributed by atoms with Gasteiger partial charge in [-0.2, -0.15) is 0 Å². The Morgan fingerprint density at radius 2 is 1.31 bits per heavy atom. The van der Waals surface area contributed by atoms with Gasteiger partial charge in [0.2, 0.25) is 0 Å². The maximum atomic E-state index is 13.1. The van der Waals surface area contributed by atoms with Crippen LogP contribution in [0.2, 0.25) is 0 Å². The maximum absolute atomic E-state index is 13.1. The van der Waals surface area contributed by atoms with Gasteiger partial charge in [-0.3, -0.25) is 19.3 Å². The lowest BCUT2D eigenvalue weighted by atomic mass is 10.1. The monoisotopic (exact) mass is 440 g/mol. The summed E-state index contributed by atoms with van der Waals surface area (Å²) in [7, 11) is 0. The molecule has 0 fully saturated rings. The zero-order chi connectivity index (χ0) is 22.3. The Morgan fingerprint density at radius 3 is 1.91 bits per heavy atom. The molecule has 3 aromatic rings. The summed E-state index contributed by atoms with van der Waals surface area (Å²) in [5.74, 6) is -0.499. The Morgan fingerprint density at radius 1 is 0.781 bits per heavy atom. The minimum atomic E-state index is -0.354. The van der Waals surface area contributed by atoms with E-state index in [1.54, 1.807) is 54.6 Å². The first kappa shape index (κ1) is 21.5. The van der Waals surface area contributed by atoms with Crippen molar-refractivity contribution in [3.05, 3.63) is 113 Å². The van der Waals surface area contributed by atoms with Crippen LogP contribution in [0.15, 0.2) is 102 Å². The fourth-order valence-electron chi connectivity index (χ4n) is 3.18. The number of benzene rings is 3. The molecule has 158 valence electrons. The molecule has 0 saturated heterocycles. The number of nitrogens with zero attached hydrogens (tertiary/aromatic N) is 2. The van der Waals surface area contributed by atoms with E-state index >= 15 is 0 Å². The lowest BCUT2D eigenvalue weighted by Gasteiger charge is -2.16. The van der Waals surface area contributed by atoms with Crippen LogP contribution in [0, 0.1) is 0 Å². The van der Waals surface area contributed by atoms with Crippen LogP contribution in [0.4, 0.5) is 0 Å². The Labute approximate surface area is 190 Å². The molecular formula is C26H20N2O3S. The van der Waals surface area contributed by atoms with E-state index in [-0.39, 0.29) is 35.5 Å². The highest BCUT2D eigenvalue weighted by Crippen LogP contribution is 2.25. The molecule has 6 heteroatoms. The van der Waals surface area contributed by atoms with Crippen molar-refractivity contribution >= 4 is 40.5 Å². The molecule has 0 spiro atoms. The van der Waals surface area contributed by atoms with Gasteiger partial charge in [0.1, 0.15) is 5.70 Å². The van der Waals surface area contributed by atoms with Crippen LogP contribution in [-0.4, -0.2) is 39.8 Å². The molecule has 1 aliphatic heterocycles. The summed E-state index contributed by atoms with van der Waals surface area (Å²) in [5.41, 5.74) is 2.19. The fraction of sp³-hybridized carbons (Fsp3) is 0.0769. The molecule has 5 nitrogen and oxygen atoms in total. The zero-order valence-corrected chi connectivity index (χ0v) is 18.0. The Hall–Kier alpha value is -3.77. The van der Waals surface area contributed by atoms with Crippen LogP contribution in [0.5, 0.6) is 0 Å². The highest BCUT2D eigenvalue weighted by molar-refractivity contribution is 8.14. The van der Waals surface area contributed by atoms with Crippen LogP contribution in [-0.2, 0) is 4.79 Å². The lowest BCUT2D eigenvalue weighted by Crippen LogP contribution is -2.35. The van der Waals surface area contributed by atoms with Gasteiger partial charge in [0.15, 0.2) is 16.7 Å². The number of carbonyl (C=O) groups is 3. The van der Waals surface area contributed by atoms with Crippen molar-refractivity contribution in [3.63, 3.8) is 0 Å². The topological polar surface area (TPSA) is 66.8 Å². The smallest absolute Gasteiger partial charge is 0.278 e. The third-order valence-corrected chi connectivity index (χ3v) is 5.82. The molecule has 4 rings (SSSR count). The van der Waals surface area contributed by atoms with Crippen LogP contribution in [0.3, 0.4) is 0 Å². The minimum Gasteiger partial charge on any atom is -0.293 e. The van der Waals surface area contributed by atoms with E-state index in [1.807, 2.05) is 42.5 Å². The highest BCUT2D eigenvalue weighted by atomic mass is 32.2. The molecule has 0 N–H and O–H groups in total. The predicted octanol–water partition coefficient (Wildman–Crippen LogP) is 4.72. The van der Waals surface area contributed by atoms with Gasteiger partial charge < -0.3 is 0 Å². The van der Waals surface area contributed by atoms with Gasteiger partial charge in [-0.25, -0.2) is 4.99 Å². The number of hydrogen-bond acceptors (Lipinski definition) is 5. The standard InChI is InChI=1S/C26H20N2O3S/c29-23(20-12-6-2-7-13-20)17-28-25(31)22(16-19-10-4-1-5-11-19)27-26(28)32-18-24(30)21-14-8-3-9-15-21/h1-16H,17-18H2/b22-16+. The van der Waals surface area contributed by atoms with Gasteiger partial charge in [-0.05, 0) is 11.6 Å². The average Bonchev–Trinajstić information content (AvgIpc) is 3.13.